The molecule has 1 fully saturated rings. The molecule has 1 saturated heterocycles. The fourth-order valence-electron chi connectivity index (χ4n) is 3.09. The molecule has 1 aliphatic heterocycles. The van der Waals surface area contributed by atoms with Gasteiger partial charge in [0.1, 0.15) is 6.61 Å². The number of nitrogens with zero attached hydrogens (tertiary/aromatic N) is 1. The van der Waals surface area contributed by atoms with Crippen LogP contribution in [0, 0.1) is 0 Å². The van der Waals surface area contributed by atoms with E-state index in [1.807, 2.05) is 42.5 Å². The molecule has 160 valence electrons. The van der Waals surface area contributed by atoms with Crippen LogP contribution < -0.4 is 14.8 Å². The maximum atomic E-state index is 12.5. The molecule has 2 aromatic carbocycles. The summed E-state index contributed by atoms with van der Waals surface area (Å²) < 4.78 is 11.3. The second-order valence-corrected chi connectivity index (χ2v) is 7.84. The highest BCUT2D eigenvalue weighted by Crippen LogP contribution is 2.36. The lowest BCUT2D eigenvalue weighted by Crippen LogP contribution is -2.19. The summed E-state index contributed by atoms with van der Waals surface area (Å²) in [5.74, 6) is 1.08. The minimum atomic E-state index is -0.176. The van der Waals surface area contributed by atoms with Crippen LogP contribution in [0.5, 0.6) is 11.5 Å². The van der Waals surface area contributed by atoms with E-state index in [1.54, 1.807) is 19.3 Å². The number of rotatable bonds is 9. The molecule has 3 rings (SSSR count). The van der Waals surface area contributed by atoms with Crippen molar-refractivity contribution in [3.8, 4) is 11.5 Å². The first-order chi connectivity index (χ1) is 15.1. The highest BCUT2D eigenvalue weighted by atomic mass is 32.2. The van der Waals surface area contributed by atoms with Crippen LogP contribution in [0.3, 0.4) is 0 Å². The molecule has 0 radical (unpaired) electrons. The molecule has 0 saturated carbocycles. The molecule has 0 atom stereocenters. The highest BCUT2D eigenvalue weighted by molar-refractivity contribution is 8.18. The Balaban J connectivity index is 1.88. The number of allylic oxidation sites excluding steroid dienone is 1. The molecule has 6 heteroatoms. The van der Waals surface area contributed by atoms with Gasteiger partial charge >= 0.3 is 0 Å². The minimum Gasteiger partial charge on any atom is -0.493 e. The normalized spacial score (nSPS) is 15.7. The zero-order chi connectivity index (χ0) is 22.2. The van der Waals surface area contributed by atoms with E-state index in [9.17, 15) is 4.79 Å². The number of aliphatic imine (C=N–C) groups is 1. The van der Waals surface area contributed by atoms with E-state index in [1.165, 1.54) is 17.3 Å². The number of ether oxygens (including phenoxy) is 2. The third kappa shape index (κ3) is 5.67. The number of aryl methyl sites for hydroxylation is 1. The molecule has 5 nitrogen and oxygen atoms in total. The molecular weight excluding hydrogens is 408 g/mol. The first kappa shape index (κ1) is 22.4. The van der Waals surface area contributed by atoms with Crippen molar-refractivity contribution in [2.45, 2.75) is 19.8 Å². The Labute approximate surface area is 187 Å². The van der Waals surface area contributed by atoms with E-state index in [-0.39, 0.29) is 5.91 Å². The van der Waals surface area contributed by atoms with Gasteiger partial charge < -0.3 is 14.8 Å². The van der Waals surface area contributed by atoms with Crippen LogP contribution in [-0.2, 0) is 17.6 Å². The van der Waals surface area contributed by atoms with Gasteiger partial charge in [-0.3, -0.25) is 4.79 Å². The lowest BCUT2D eigenvalue weighted by molar-refractivity contribution is -0.115. The lowest BCUT2D eigenvalue weighted by Gasteiger charge is -2.15. The summed E-state index contributed by atoms with van der Waals surface area (Å²) >= 11 is 1.31. The van der Waals surface area contributed by atoms with E-state index >= 15 is 0 Å². The summed E-state index contributed by atoms with van der Waals surface area (Å²) in [5, 5.41) is 3.39. The van der Waals surface area contributed by atoms with Crippen molar-refractivity contribution in [2.24, 2.45) is 4.99 Å². The number of amides is 1. The zero-order valence-electron chi connectivity index (χ0n) is 17.8. The second kappa shape index (κ2) is 10.7. The molecular formula is C25H26N2O3S. The van der Waals surface area contributed by atoms with E-state index in [0.717, 1.165) is 23.2 Å². The second-order valence-electron chi connectivity index (χ2n) is 6.81. The van der Waals surface area contributed by atoms with Crippen LogP contribution in [0.2, 0.25) is 0 Å². The van der Waals surface area contributed by atoms with Crippen LogP contribution >= 0.6 is 11.8 Å². The number of nitrogens with one attached hydrogen (secondary N) is 1. The van der Waals surface area contributed by atoms with Crippen LogP contribution in [0.1, 0.15) is 23.6 Å². The van der Waals surface area contributed by atoms with Gasteiger partial charge in [0.05, 0.1) is 17.7 Å². The molecule has 31 heavy (non-hydrogen) atoms. The van der Waals surface area contributed by atoms with Gasteiger partial charge in [-0.25, -0.2) is 4.99 Å². The molecule has 0 aliphatic carbocycles. The van der Waals surface area contributed by atoms with Gasteiger partial charge in [0, 0.05) is 5.56 Å². The van der Waals surface area contributed by atoms with Crippen LogP contribution in [0.15, 0.2) is 71.6 Å². The first-order valence-electron chi connectivity index (χ1n) is 10.0. The Morgan fingerprint density at radius 2 is 1.94 bits per heavy atom. The summed E-state index contributed by atoms with van der Waals surface area (Å²) in [5.41, 5.74) is 3.82. The average Bonchev–Trinajstić information content (AvgIpc) is 3.11. The molecule has 0 spiro atoms. The third-order valence-electron chi connectivity index (χ3n) is 4.61. The van der Waals surface area contributed by atoms with Gasteiger partial charge in [-0.15, -0.1) is 6.58 Å². The third-order valence-corrected chi connectivity index (χ3v) is 5.52. The summed E-state index contributed by atoms with van der Waals surface area (Å²) in [7, 11) is 1.59. The quantitative estimate of drug-likeness (QED) is 0.422. The zero-order valence-corrected chi connectivity index (χ0v) is 18.6. The topological polar surface area (TPSA) is 59.9 Å². The Kier molecular flexibility index (Phi) is 7.73. The molecule has 0 aromatic heterocycles. The van der Waals surface area contributed by atoms with E-state index in [2.05, 4.69) is 30.4 Å². The maximum Gasteiger partial charge on any atom is 0.264 e. The van der Waals surface area contributed by atoms with Crippen molar-refractivity contribution in [1.82, 2.24) is 5.32 Å². The Morgan fingerprint density at radius 1 is 1.16 bits per heavy atom. The molecule has 1 heterocycles. The summed E-state index contributed by atoms with van der Waals surface area (Å²) in [6.45, 7) is 10.00. The van der Waals surface area contributed by atoms with Gasteiger partial charge in [-0.1, -0.05) is 37.8 Å². The Morgan fingerprint density at radius 3 is 2.58 bits per heavy atom. The van der Waals surface area contributed by atoms with E-state index < -0.39 is 0 Å². The molecule has 2 aromatic rings. The van der Waals surface area contributed by atoms with E-state index in [4.69, 9.17) is 9.47 Å². The molecule has 0 bridgehead atoms. The van der Waals surface area contributed by atoms with Crippen molar-refractivity contribution in [2.75, 3.05) is 13.7 Å². The van der Waals surface area contributed by atoms with E-state index in [0.29, 0.717) is 34.6 Å². The van der Waals surface area contributed by atoms with Crippen molar-refractivity contribution >= 4 is 34.6 Å². The predicted molar refractivity (Wildman–Crippen MR) is 129 cm³/mol. The lowest BCUT2D eigenvalue weighted by atomic mass is 10.0. The van der Waals surface area contributed by atoms with Gasteiger partial charge in [-0.2, -0.15) is 0 Å². The molecule has 1 N–H and O–H groups in total. The fraction of sp³-hybridized carbons (Fsp3) is 0.200. The number of thioether (sulfide) groups is 1. The summed E-state index contributed by atoms with van der Waals surface area (Å²) in [4.78, 5) is 17.6. The van der Waals surface area contributed by atoms with Crippen LogP contribution in [0.4, 0.5) is 5.69 Å². The number of benzene rings is 2. The Hall–Kier alpha value is -3.25. The van der Waals surface area contributed by atoms with Gasteiger partial charge in [0.15, 0.2) is 16.7 Å². The largest absolute Gasteiger partial charge is 0.493 e. The highest BCUT2D eigenvalue weighted by Gasteiger charge is 2.24. The van der Waals surface area contributed by atoms with Crippen molar-refractivity contribution in [3.05, 3.63) is 83.3 Å². The Bertz CT molecular complexity index is 1040. The van der Waals surface area contributed by atoms with Crippen LogP contribution in [0.25, 0.3) is 6.08 Å². The average molecular weight is 435 g/mol. The molecule has 1 aliphatic rings. The number of methoxy groups -OCH3 is 1. The number of carbonyl (C=O) groups is 1. The van der Waals surface area contributed by atoms with Gasteiger partial charge in [-0.05, 0) is 66.1 Å². The summed E-state index contributed by atoms with van der Waals surface area (Å²) in [6.07, 6.45) is 6.90. The van der Waals surface area contributed by atoms with Gasteiger partial charge in [0.25, 0.3) is 5.91 Å². The number of hydrogen-bond donors (Lipinski definition) is 1. The number of amidine groups is 1. The van der Waals surface area contributed by atoms with Gasteiger partial charge in [0.2, 0.25) is 0 Å². The first-order valence-corrected chi connectivity index (χ1v) is 10.8. The SMILES string of the molecule is C=CCOc1c(CC=C)cc(/C=C2\SC(=Nc3ccc(CC)cc3)NC2=O)cc1OC. The minimum absolute atomic E-state index is 0.176. The fourth-order valence-corrected chi connectivity index (χ4v) is 3.93. The molecule has 1 amide bonds. The van der Waals surface area contributed by atoms with Crippen LogP contribution in [-0.4, -0.2) is 24.8 Å². The van der Waals surface area contributed by atoms with Crippen molar-refractivity contribution in [1.29, 1.82) is 0 Å². The standard InChI is InChI=1S/C25H26N2O3S/c1-5-8-19-14-18(15-21(29-4)23(19)30-13-6-2)16-22-24(28)27-25(31-22)26-20-11-9-17(7-3)10-12-20/h5-6,9-12,14-16H,1-2,7-8,13H2,3-4H3,(H,26,27,28)/b22-16-. The van der Waals surface area contributed by atoms with Crippen molar-refractivity contribution < 1.29 is 14.3 Å². The monoisotopic (exact) mass is 434 g/mol. The van der Waals surface area contributed by atoms with Crippen molar-refractivity contribution in [3.63, 3.8) is 0 Å². The maximum absolute atomic E-state index is 12.5. The molecule has 0 unspecified atom stereocenters. The smallest absolute Gasteiger partial charge is 0.264 e. The summed E-state index contributed by atoms with van der Waals surface area (Å²) in [6, 6.07) is 11.8. The number of hydrogen-bond acceptors (Lipinski definition) is 5. The number of carbonyl (C=O) groups excluding carboxylic acids is 1. The predicted octanol–water partition coefficient (Wildman–Crippen LogP) is 5.44.